The lowest BCUT2D eigenvalue weighted by molar-refractivity contribution is -0.384. The van der Waals surface area contributed by atoms with Gasteiger partial charge in [-0.15, -0.1) is 0 Å². The SMILES string of the molecule is COc1cccc(OCC(=O)Nc2ccc(C)cc2[N+](=O)[O-])c1. The van der Waals surface area contributed by atoms with Crippen LogP contribution in [-0.4, -0.2) is 24.5 Å². The molecular weight excluding hydrogens is 300 g/mol. The molecule has 0 unspecified atom stereocenters. The van der Waals surface area contributed by atoms with Crippen molar-refractivity contribution >= 4 is 17.3 Å². The summed E-state index contributed by atoms with van der Waals surface area (Å²) in [5, 5.41) is 13.5. The smallest absolute Gasteiger partial charge is 0.293 e. The third-order valence-electron chi connectivity index (χ3n) is 3.04. The fourth-order valence-electron chi connectivity index (χ4n) is 1.92. The summed E-state index contributed by atoms with van der Waals surface area (Å²) in [6, 6.07) is 11.4. The summed E-state index contributed by atoms with van der Waals surface area (Å²) in [5.41, 5.74) is 0.724. The number of carbonyl (C=O) groups excluding carboxylic acids is 1. The van der Waals surface area contributed by atoms with Crippen LogP contribution in [0.3, 0.4) is 0 Å². The van der Waals surface area contributed by atoms with Gasteiger partial charge in [0.25, 0.3) is 11.6 Å². The summed E-state index contributed by atoms with van der Waals surface area (Å²) in [6.07, 6.45) is 0. The highest BCUT2D eigenvalue weighted by molar-refractivity contribution is 5.94. The number of amides is 1. The Kier molecular flexibility index (Phi) is 5.14. The van der Waals surface area contributed by atoms with Crippen molar-refractivity contribution < 1.29 is 19.2 Å². The molecular formula is C16H16N2O5. The van der Waals surface area contributed by atoms with E-state index in [1.54, 1.807) is 37.3 Å². The zero-order chi connectivity index (χ0) is 16.8. The van der Waals surface area contributed by atoms with Crippen LogP contribution >= 0.6 is 0 Å². The molecule has 2 aromatic rings. The first-order chi connectivity index (χ1) is 11.0. The molecule has 7 heteroatoms. The third kappa shape index (κ3) is 4.44. The fraction of sp³-hybridized carbons (Fsp3) is 0.188. The summed E-state index contributed by atoms with van der Waals surface area (Å²) in [7, 11) is 1.53. The van der Waals surface area contributed by atoms with Crippen LogP contribution < -0.4 is 14.8 Å². The Morgan fingerprint density at radius 1 is 1.22 bits per heavy atom. The van der Waals surface area contributed by atoms with Crippen LogP contribution in [0.15, 0.2) is 42.5 Å². The maximum Gasteiger partial charge on any atom is 0.293 e. The summed E-state index contributed by atoms with van der Waals surface area (Å²) in [4.78, 5) is 22.4. The number of nitro groups is 1. The number of anilines is 1. The number of nitro benzene ring substituents is 1. The van der Waals surface area contributed by atoms with Crippen LogP contribution in [0.2, 0.25) is 0 Å². The highest BCUT2D eigenvalue weighted by atomic mass is 16.6. The van der Waals surface area contributed by atoms with E-state index < -0.39 is 10.8 Å². The van der Waals surface area contributed by atoms with Gasteiger partial charge in [0.1, 0.15) is 17.2 Å². The van der Waals surface area contributed by atoms with E-state index in [1.165, 1.54) is 19.2 Å². The van der Waals surface area contributed by atoms with Crippen molar-refractivity contribution in [1.82, 2.24) is 0 Å². The third-order valence-corrected chi connectivity index (χ3v) is 3.04. The minimum absolute atomic E-state index is 0.139. The predicted molar refractivity (Wildman–Crippen MR) is 85.0 cm³/mol. The zero-order valence-corrected chi connectivity index (χ0v) is 12.7. The average molecular weight is 316 g/mol. The van der Waals surface area contributed by atoms with Gasteiger partial charge < -0.3 is 14.8 Å². The van der Waals surface area contributed by atoms with Gasteiger partial charge in [-0.1, -0.05) is 12.1 Å². The Labute approximate surface area is 133 Å². The fourth-order valence-corrected chi connectivity index (χ4v) is 1.92. The van der Waals surface area contributed by atoms with Crippen molar-refractivity contribution in [3.8, 4) is 11.5 Å². The molecule has 23 heavy (non-hydrogen) atoms. The molecule has 7 nitrogen and oxygen atoms in total. The second-order valence-corrected chi connectivity index (χ2v) is 4.79. The molecule has 1 amide bonds. The largest absolute Gasteiger partial charge is 0.497 e. The molecule has 0 aliphatic rings. The summed E-state index contributed by atoms with van der Waals surface area (Å²) < 4.78 is 10.4. The van der Waals surface area contributed by atoms with Crippen molar-refractivity contribution in [3.05, 3.63) is 58.1 Å². The Morgan fingerprint density at radius 2 is 1.96 bits per heavy atom. The first-order valence-corrected chi connectivity index (χ1v) is 6.81. The molecule has 0 heterocycles. The predicted octanol–water partition coefficient (Wildman–Crippen LogP) is 2.93. The normalized spacial score (nSPS) is 10.0. The molecule has 0 aliphatic heterocycles. The Bertz CT molecular complexity index is 730. The molecule has 120 valence electrons. The van der Waals surface area contributed by atoms with Crippen molar-refractivity contribution in [1.29, 1.82) is 0 Å². The first-order valence-electron chi connectivity index (χ1n) is 6.81. The minimum atomic E-state index is -0.536. The van der Waals surface area contributed by atoms with Gasteiger partial charge in [-0.2, -0.15) is 0 Å². The second kappa shape index (κ2) is 7.26. The Balaban J connectivity index is 2.01. The molecule has 1 N–H and O–H groups in total. The zero-order valence-electron chi connectivity index (χ0n) is 12.7. The molecule has 0 saturated heterocycles. The molecule has 0 radical (unpaired) electrons. The lowest BCUT2D eigenvalue weighted by Gasteiger charge is -2.09. The van der Waals surface area contributed by atoms with Gasteiger partial charge in [0, 0.05) is 12.1 Å². The van der Waals surface area contributed by atoms with Crippen LogP contribution in [0, 0.1) is 17.0 Å². The lowest BCUT2D eigenvalue weighted by Crippen LogP contribution is -2.20. The quantitative estimate of drug-likeness (QED) is 0.653. The lowest BCUT2D eigenvalue weighted by atomic mass is 10.2. The summed E-state index contributed by atoms with van der Waals surface area (Å²) in [5.74, 6) is 0.592. The van der Waals surface area contributed by atoms with Gasteiger partial charge in [0.05, 0.1) is 12.0 Å². The van der Waals surface area contributed by atoms with Crippen LogP contribution in [0.4, 0.5) is 11.4 Å². The number of benzene rings is 2. The van der Waals surface area contributed by atoms with Gasteiger partial charge in [-0.25, -0.2) is 0 Å². The van der Waals surface area contributed by atoms with Crippen molar-refractivity contribution in [2.75, 3.05) is 19.0 Å². The number of hydrogen-bond acceptors (Lipinski definition) is 5. The van der Waals surface area contributed by atoms with Gasteiger partial charge in [0.2, 0.25) is 0 Å². The number of aryl methyl sites for hydroxylation is 1. The Hall–Kier alpha value is -3.09. The average Bonchev–Trinajstić information content (AvgIpc) is 2.54. The maximum absolute atomic E-state index is 11.9. The van der Waals surface area contributed by atoms with E-state index in [0.717, 1.165) is 5.56 Å². The minimum Gasteiger partial charge on any atom is -0.497 e. The molecule has 2 rings (SSSR count). The second-order valence-electron chi connectivity index (χ2n) is 4.79. The molecule has 0 aromatic heterocycles. The topological polar surface area (TPSA) is 90.7 Å². The molecule has 2 aromatic carbocycles. The van der Waals surface area contributed by atoms with E-state index in [0.29, 0.717) is 11.5 Å². The molecule has 0 atom stereocenters. The monoisotopic (exact) mass is 316 g/mol. The van der Waals surface area contributed by atoms with E-state index >= 15 is 0 Å². The van der Waals surface area contributed by atoms with Gasteiger partial charge >= 0.3 is 0 Å². The maximum atomic E-state index is 11.9. The van der Waals surface area contributed by atoms with E-state index in [4.69, 9.17) is 9.47 Å². The van der Waals surface area contributed by atoms with E-state index in [1.807, 2.05) is 0 Å². The van der Waals surface area contributed by atoms with Gasteiger partial charge in [0.15, 0.2) is 6.61 Å². The van der Waals surface area contributed by atoms with E-state index in [2.05, 4.69) is 5.32 Å². The highest BCUT2D eigenvalue weighted by Gasteiger charge is 2.16. The number of methoxy groups -OCH3 is 1. The van der Waals surface area contributed by atoms with Gasteiger partial charge in [-0.05, 0) is 30.7 Å². The van der Waals surface area contributed by atoms with Crippen LogP contribution in [0.25, 0.3) is 0 Å². The first kappa shape index (κ1) is 16.3. The molecule has 0 spiro atoms. The Morgan fingerprint density at radius 3 is 2.65 bits per heavy atom. The number of rotatable bonds is 6. The number of hydrogen-bond donors (Lipinski definition) is 1. The van der Waals surface area contributed by atoms with Crippen molar-refractivity contribution in [3.63, 3.8) is 0 Å². The number of carbonyl (C=O) groups is 1. The number of nitrogens with zero attached hydrogens (tertiary/aromatic N) is 1. The standard InChI is InChI=1S/C16H16N2O5/c1-11-6-7-14(15(8-11)18(20)21)17-16(19)10-23-13-5-3-4-12(9-13)22-2/h3-9H,10H2,1-2H3,(H,17,19). The van der Waals surface area contributed by atoms with E-state index in [-0.39, 0.29) is 18.0 Å². The summed E-state index contributed by atoms with van der Waals surface area (Å²) in [6.45, 7) is 1.47. The van der Waals surface area contributed by atoms with E-state index in [9.17, 15) is 14.9 Å². The molecule has 0 bridgehead atoms. The molecule has 0 fully saturated rings. The summed E-state index contributed by atoms with van der Waals surface area (Å²) >= 11 is 0. The van der Waals surface area contributed by atoms with Crippen LogP contribution in [0.5, 0.6) is 11.5 Å². The van der Waals surface area contributed by atoms with Crippen LogP contribution in [0.1, 0.15) is 5.56 Å². The van der Waals surface area contributed by atoms with Crippen molar-refractivity contribution in [2.24, 2.45) is 0 Å². The van der Waals surface area contributed by atoms with Crippen LogP contribution in [-0.2, 0) is 4.79 Å². The highest BCUT2D eigenvalue weighted by Crippen LogP contribution is 2.25. The van der Waals surface area contributed by atoms with Gasteiger partial charge in [-0.3, -0.25) is 14.9 Å². The van der Waals surface area contributed by atoms with Crippen molar-refractivity contribution in [2.45, 2.75) is 6.92 Å². The number of nitrogens with one attached hydrogen (secondary N) is 1. The number of ether oxygens (including phenoxy) is 2. The molecule has 0 aliphatic carbocycles. The molecule has 0 saturated carbocycles.